The van der Waals surface area contributed by atoms with Crippen molar-refractivity contribution in [3.8, 4) is 0 Å². The Morgan fingerprint density at radius 1 is 1.00 bits per heavy atom. The first-order chi connectivity index (χ1) is 12.2. The third-order valence-corrected chi connectivity index (χ3v) is 3.97. The highest BCUT2D eigenvalue weighted by atomic mass is 16.2. The predicted molar refractivity (Wildman–Crippen MR) is 98.3 cm³/mol. The van der Waals surface area contributed by atoms with Gasteiger partial charge in [-0.15, -0.1) is 0 Å². The number of benzene rings is 1. The van der Waals surface area contributed by atoms with Crippen LogP contribution in [0.4, 0.5) is 16.3 Å². The molecule has 1 aliphatic rings. The van der Waals surface area contributed by atoms with Crippen LogP contribution < -0.4 is 10.6 Å². The van der Waals surface area contributed by atoms with Crippen molar-refractivity contribution in [2.75, 3.05) is 10.6 Å². The summed E-state index contributed by atoms with van der Waals surface area (Å²) in [6.45, 7) is 7.30. The number of carbonyl (C=O) groups excluding carboxylic acids is 3. The van der Waals surface area contributed by atoms with Crippen molar-refractivity contribution >= 4 is 29.4 Å². The molecular weight excluding hydrogens is 332 g/mol. The van der Waals surface area contributed by atoms with Crippen molar-refractivity contribution in [3.05, 3.63) is 53.2 Å². The fourth-order valence-electron chi connectivity index (χ4n) is 2.81. The summed E-state index contributed by atoms with van der Waals surface area (Å²) in [6, 6.07) is 7.76. The summed E-state index contributed by atoms with van der Waals surface area (Å²) in [7, 11) is 0. The van der Waals surface area contributed by atoms with Crippen LogP contribution in [0, 0.1) is 6.92 Å². The van der Waals surface area contributed by atoms with Crippen molar-refractivity contribution in [2.24, 2.45) is 0 Å². The highest BCUT2D eigenvalue weighted by Gasteiger charge is 2.41. The zero-order valence-corrected chi connectivity index (χ0v) is 15.1. The normalized spacial score (nSPS) is 13.6. The molecule has 0 saturated carbocycles. The SMILES string of the molecule is Cc1ccnc(NC(=O)Nc2ccc3c(c2)C(=O)N(C(C)(C)C)C3=O)c1. The summed E-state index contributed by atoms with van der Waals surface area (Å²) in [4.78, 5) is 42.5. The Bertz CT molecular complexity index is 915. The molecule has 2 aromatic rings. The predicted octanol–water partition coefficient (Wildman–Crippen LogP) is 3.43. The second kappa shape index (κ2) is 6.25. The molecule has 2 N–H and O–H groups in total. The van der Waals surface area contributed by atoms with E-state index in [-0.39, 0.29) is 17.4 Å². The van der Waals surface area contributed by atoms with E-state index in [1.807, 2.05) is 13.0 Å². The van der Waals surface area contributed by atoms with Gasteiger partial charge >= 0.3 is 6.03 Å². The van der Waals surface area contributed by atoms with Crippen LogP contribution in [0.5, 0.6) is 0 Å². The maximum Gasteiger partial charge on any atom is 0.324 e. The topological polar surface area (TPSA) is 91.4 Å². The summed E-state index contributed by atoms with van der Waals surface area (Å²) in [6.07, 6.45) is 1.60. The van der Waals surface area contributed by atoms with E-state index < -0.39 is 11.6 Å². The molecule has 4 amide bonds. The zero-order valence-electron chi connectivity index (χ0n) is 15.1. The molecule has 0 saturated heterocycles. The van der Waals surface area contributed by atoms with Gasteiger partial charge in [0.1, 0.15) is 5.82 Å². The second-order valence-electron chi connectivity index (χ2n) is 7.17. The molecule has 3 rings (SSSR count). The van der Waals surface area contributed by atoms with Gasteiger partial charge in [0.15, 0.2) is 0 Å². The standard InChI is InChI=1S/C19H20N4O3/c1-11-7-8-20-15(9-11)22-18(26)21-12-5-6-13-14(10-12)17(25)23(16(13)24)19(2,3)4/h5-10H,1-4H3,(H2,20,21,22,26). The summed E-state index contributed by atoms with van der Waals surface area (Å²) in [5.74, 6) is -0.256. The number of carbonyl (C=O) groups is 3. The molecule has 134 valence electrons. The summed E-state index contributed by atoms with van der Waals surface area (Å²) in [5.41, 5.74) is 1.41. The average molecular weight is 352 g/mol. The molecule has 26 heavy (non-hydrogen) atoms. The number of imide groups is 1. The van der Waals surface area contributed by atoms with Crippen molar-refractivity contribution in [1.82, 2.24) is 9.88 Å². The van der Waals surface area contributed by atoms with Crippen molar-refractivity contribution in [1.29, 1.82) is 0 Å². The van der Waals surface area contributed by atoms with E-state index in [0.717, 1.165) is 5.56 Å². The maximum absolute atomic E-state index is 12.6. The van der Waals surface area contributed by atoms with E-state index in [0.29, 0.717) is 17.1 Å². The molecule has 0 spiro atoms. The van der Waals surface area contributed by atoms with Gasteiger partial charge in [0, 0.05) is 17.4 Å². The lowest BCUT2D eigenvalue weighted by Gasteiger charge is -2.29. The minimum absolute atomic E-state index is 0.288. The first-order valence-corrected chi connectivity index (χ1v) is 8.20. The third kappa shape index (κ3) is 3.28. The van der Waals surface area contributed by atoms with Gasteiger partial charge in [-0.25, -0.2) is 9.78 Å². The Balaban J connectivity index is 1.79. The Labute approximate surface area is 151 Å². The quantitative estimate of drug-likeness (QED) is 0.810. The number of fused-ring (bicyclic) bond motifs is 1. The highest BCUT2D eigenvalue weighted by molar-refractivity contribution is 6.22. The molecule has 7 nitrogen and oxygen atoms in total. The van der Waals surface area contributed by atoms with Crippen LogP contribution in [-0.4, -0.2) is 33.3 Å². The van der Waals surface area contributed by atoms with Crippen LogP contribution in [-0.2, 0) is 0 Å². The fourth-order valence-corrected chi connectivity index (χ4v) is 2.81. The summed E-state index contributed by atoms with van der Waals surface area (Å²) < 4.78 is 0. The van der Waals surface area contributed by atoms with Crippen LogP contribution in [0.2, 0.25) is 0 Å². The average Bonchev–Trinajstić information content (AvgIpc) is 2.78. The van der Waals surface area contributed by atoms with Gasteiger partial charge in [-0.05, 0) is 63.6 Å². The number of rotatable bonds is 2. The fraction of sp³-hybridized carbons (Fsp3) is 0.263. The van der Waals surface area contributed by atoms with E-state index >= 15 is 0 Å². The number of hydrogen-bond acceptors (Lipinski definition) is 4. The Morgan fingerprint density at radius 2 is 1.69 bits per heavy atom. The van der Waals surface area contributed by atoms with Crippen molar-refractivity contribution in [3.63, 3.8) is 0 Å². The molecular formula is C19H20N4O3. The molecule has 2 heterocycles. The van der Waals surface area contributed by atoms with Gasteiger partial charge in [0.05, 0.1) is 11.1 Å². The lowest BCUT2D eigenvalue weighted by Crippen LogP contribution is -2.45. The second-order valence-corrected chi connectivity index (χ2v) is 7.17. The molecule has 1 aliphatic heterocycles. The smallest absolute Gasteiger partial charge is 0.308 e. The van der Waals surface area contributed by atoms with Gasteiger partial charge in [0.2, 0.25) is 0 Å². The molecule has 0 unspecified atom stereocenters. The van der Waals surface area contributed by atoms with Gasteiger partial charge < -0.3 is 5.32 Å². The Hall–Kier alpha value is -3.22. The number of hydrogen-bond donors (Lipinski definition) is 2. The Kier molecular flexibility index (Phi) is 4.23. The zero-order chi connectivity index (χ0) is 19.1. The molecule has 0 radical (unpaired) electrons. The van der Waals surface area contributed by atoms with Crippen LogP contribution >= 0.6 is 0 Å². The minimum atomic E-state index is -0.616. The van der Waals surface area contributed by atoms with E-state index in [1.54, 1.807) is 45.2 Å². The van der Waals surface area contributed by atoms with Crippen LogP contribution in [0.25, 0.3) is 0 Å². The molecule has 0 atom stereocenters. The maximum atomic E-state index is 12.6. The van der Waals surface area contributed by atoms with Crippen LogP contribution in [0.3, 0.4) is 0 Å². The van der Waals surface area contributed by atoms with Gasteiger partial charge in [0.25, 0.3) is 11.8 Å². The van der Waals surface area contributed by atoms with Gasteiger partial charge in [-0.3, -0.25) is 19.8 Å². The Morgan fingerprint density at radius 3 is 2.35 bits per heavy atom. The van der Waals surface area contributed by atoms with Gasteiger partial charge in [-0.1, -0.05) is 0 Å². The first-order valence-electron chi connectivity index (χ1n) is 8.20. The summed E-state index contributed by atoms with van der Waals surface area (Å²) >= 11 is 0. The van der Waals surface area contributed by atoms with E-state index in [9.17, 15) is 14.4 Å². The third-order valence-electron chi connectivity index (χ3n) is 3.97. The highest BCUT2D eigenvalue weighted by Crippen LogP contribution is 2.30. The first kappa shape index (κ1) is 17.6. The largest absolute Gasteiger partial charge is 0.324 e. The minimum Gasteiger partial charge on any atom is -0.308 e. The molecule has 0 fully saturated rings. The number of amides is 4. The lowest BCUT2D eigenvalue weighted by molar-refractivity contribution is 0.0507. The number of nitrogens with zero attached hydrogens (tertiary/aromatic N) is 2. The molecule has 0 bridgehead atoms. The van der Waals surface area contributed by atoms with E-state index in [4.69, 9.17) is 0 Å². The van der Waals surface area contributed by atoms with Crippen molar-refractivity contribution < 1.29 is 14.4 Å². The molecule has 1 aromatic carbocycles. The monoisotopic (exact) mass is 352 g/mol. The van der Waals surface area contributed by atoms with Gasteiger partial charge in [-0.2, -0.15) is 0 Å². The van der Waals surface area contributed by atoms with Crippen LogP contribution in [0.1, 0.15) is 47.1 Å². The summed E-state index contributed by atoms with van der Waals surface area (Å²) in [5, 5.41) is 5.28. The lowest BCUT2D eigenvalue weighted by atomic mass is 10.1. The van der Waals surface area contributed by atoms with Crippen LogP contribution in [0.15, 0.2) is 36.5 Å². The van der Waals surface area contributed by atoms with Crippen molar-refractivity contribution in [2.45, 2.75) is 33.2 Å². The number of anilines is 2. The molecule has 0 aliphatic carbocycles. The molecule has 7 heteroatoms. The number of aromatic nitrogens is 1. The number of nitrogens with one attached hydrogen (secondary N) is 2. The number of aryl methyl sites for hydroxylation is 1. The number of pyridine rings is 1. The van der Waals surface area contributed by atoms with E-state index in [2.05, 4.69) is 15.6 Å². The number of urea groups is 1. The van der Waals surface area contributed by atoms with E-state index in [1.165, 1.54) is 11.0 Å². The molecule has 1 aromatic heterocycles.